The molecular weight excluding hydrogens is 260 g/mol. The van der Waals surface area contributed by atoms with Crippen molar-refractivity contribution < 1.29 is 19.8 Å². The number of aliphatic carboxylic acids is 1. The summed E-state index contributed by atoms with van der Waals surface area (Å²) in [7, 11) is 1.76. The van der Waals surface area contributed by atoms with Crippen molar-refractivity contribution in [1.82, 2.24) is 4.90 Å². The molecule has 2 N–H and O–H groups in total. The van der Waals surface area contributed by atoms with Gasteiger partial charge < -0.3 is 20.0 Å². The molecule has 1 aromatic rings. The summed E-state index contributed by atoms with van der Waals surface area (Å²) >= 11 is 0. The van der Waals surface area contributed by atoms with E-state index >= 15 is 0 Å². The molecule has 1 saturated heterocycles. The zero-order valence-corrected chi connectivity index (χ0v) is 11.3. The Morgan fingerprint density at radius 2 is 2.00 bits per heavy atom. The smallest absolute Gasteiger partial charge is 0.326 e. The van der Waals surface area contributed by atoms with Crippen molar-refractivity contribution in [3.63, 3.8) is 0 Å². The summed E-state index contributed by atoms with van der Waals surface area (Å²) in [4.78, 5) is 26.4. The maximum absolute atomic E-state index is 12.2. The number of carboxylic acid groups (broad SMARTS) is 1. The molecule has 0 spiro atoms. The summed E-state index contributed by atoms with van der Waals surface area (Å²) in [6.07, 6.45) is 1.25. The van der Waals surface area contributed by atoms with Crippen molar-refractivity contribution in [2.45, 2.75) is 18.9 Å². The van der Waals surface area contributed by atoms with Gasteiger partial charge in [0.2, 0.25) is 5.91 Å². The van der Waals surface area contributed by atoms with E-state index < -0.39 is 12.0 Å². The van der Waals surface area contributed by atoms with Crippen LogP contribution >= 0.6 is 0 Å². The van der Waals surface area contributed by atoms with Gasteiger partial charge in [0.25, 0.3) is 0 Å². The molecule has 1 amide bonds. The number of carbonyl (C=O) groups excluding carboxylic acids is 1. The van der Waals surface area contributed by atoms with Gasteiger partial charge in [-0.05, 0) is 37.1 Å². The van der Waals surface area contributed by atoms with Crippen LogP contribution in [0.25, 0.3) is 0 Å². The number of hydrogen-bond acceptors (Lipinski definition) is 4. The molecule has 1 aliphatic rings. The van der Waals surface area contributed by atoms with Crippen LogP contribution in [0, 0.1) is 0 Å². The fraction of sp³-hybridized carbons (Fsp3) is 0.429. The summed E-state index contributed by atoms with van der Waals surface area (Å²) in [5.41, 5.74) is 0.794. The number of phenols is 1. The van der Waals surface area contributed by atoms with E-state index in [0.717, 1.165) is 12.1 Å². The molecule has 1 aliphatic heterocycles. The number of nitrogens with zero attached hydrogens (tertiary/aromatic N) is 2. The van der Waals surface area contributed by atoms with Gasteiger partial charge in [0.15, 0.2) is 0 Å². The highest BCUT2D eigenvalue weighted by molar-refractivity contribution is 5.87. The van der Waals surface area contributed by atoms with E-state index in [4.69, 9.17) is 5.11 Å². The Kier molecular flexibility index (Phi) is 4.12. The van der Waals surface area contributed by atoms with Gasteiger partial charge in [0.05, 0.1) is 6.54 Å². The Hall–Kier alpha value is -2.24. The maximum Gasteiger partial charge on any atom is 0.326 e. The quantitative estimate of drug-likeness (QED) is 0.855. The van der Waals surface area contributed by atoms with Crippen LogP contribution in [-0.4, -0.2) is 53.2 Å². The molecule has 1 heterocycles. The molecule has 0 aromatic heterocycles. The largest absolute Gasteiger partial charge is 0.508 e. The molecule has 6 nitrogen and oxygen atoms in total. The fourth-order valence-corrected chi connectivity index (χ4v) is 2.41. The number of amides is 1. The number of rotatable bonds is 4. The van der Waals surface area contributed by atoms with Gasteiger partial charge in [-0.2, -0.15) is 0 Å². The third-order valence-corrected chi connectivity index (χ3v) is 3.52. The van der Waals surface area contributed by atoms with Gasteiger partial charge in [0, 0.05) is 19.3 Å². The Bertz CT molecular complexity index is 500. The number of likely N-dealkylation sites (tertiary alicyclic amines) is 1. The first-order chi connectivity index (χ1) is 9.49. The minimum atomic E-state index is -0.942. The van der Waals surface area contributed by atoms with Crippen LogP contribution in [-0.2, 0) is 9.59 Å². The van der Waals surface area contributed by atoms with Crippen LogP contribution in [0.4, 0.5) is 5.69 Å². The normalized spacial score (nSPS) is 18.1. The summed E-state index contributed by atoms with van der Waals surface area (Å²) < 4.78 is 0. The number of carboxylic acids is 1. The van der Waals surface area contributed by atoms with E-state index in [1.54, 1.807) is 36.2 Å². The highest BCUT2D eigenvalue weighted by atomic mass is 16.4. The first kappa shape index (κ1) is 14.2. The molecule has 6 heteroatoms. The molecule has 1 unspecified atom stereocenters. The molecule has 1 atom stereocenters. The van der Waals surface area contributed by atoms with Crippen LogP contribution in [0.2, 0.25) is 0 Å². The molecule has 108 valence electrons. The number of likely N-dealkylation sites (N-methyl/N-ethyl adjacent to an activating group) is 1. The topological polar surface area (TPSA) is 81.1 Å². The molecule has 0 bridgehead atoms. The van der Waals surface area contributed by atoms with E-state index in [1.165, 1.54) is 4.90 Å². The monoisotopic (exact) mass is 278 g/mol. The van der Waals surface area contributed by atoms with Crippen molar-refractivity contribution in [1.29, 1.82) is 0 Å². The summed E-state index contributed by atoms with van der Waals surface area (Å²) in [5.74, 6) is -0.965. The second-order valence-corrected chi connectivity index (χ2v) is 4.96. The summed E-state index contributed by atoms with van der Waals surface area (Å²) in [6, 6.07) is 5.82. The third kappa shape index (κ3) is 3.01. The number of phenolic OH excluding ortho intramolecular Hbond substituents is 1. The highest BCUT2D eigenvalue weighted by Crippen LogP contribution is 2.20. The number of aromatic hydroxyl groups is 1. The summed E-state index contributed by atoms with van der Waals surface area (Å²) in [6.45, 7) is 0.619. The van der Waals surface area contributed by atoms with E-state index in [2.05, 4.69) is 0 Å². The van der Waals surface area contributed by atoms with Crippen LogP contribution in [0.3, 0.4) is 0 Å². The zero-order chi connectivity index (χ0) is 14.7. The molecule has 0 saturated carbocycles. The Morgan fingerprint density at radius 3 is 2.60 bits per heavy atom. The minimum Gasteiger partial charge on any atom is -0.508 e. The van der Waals surface area contributed by atoms with Crippen LogP contribution < -0.4 is 4.90 Å². The van der Waals surface area contributed by atoms with E-state index in [0.29, 0.717) is 13.0 Å². The lowest BCUT2D eigenvalue weighted by Crippen LogP contribution is -2.44. The second kappa shape index (κ2) is 5.81. The van der Waals surface area contributed by atoms with Crippen molar-refractivity contribution in [2.75, 3.05) is 25.0 Å². The Morgan fingerprint density at radius 1 is 1.35 bits per heavy atom. The molecule has 0 aliphatic carbocycles. The van der Waals surface area contributed by atoms with Crippen molar-refractivity contribution in [2.24, 2.45) is 0 Å². The summed E-state index contributed by atoms with van der Waals surface area (Å²) in [5, 5.41) is 18.3. The van der Waals surface area contributed by atoms with Gasteiger partial charge in [-0.25, -0.2) is 4.79 Å². The van der Waals surface area contributed by atoms with Gasteiger partial charge >= 0.3 is 5.97 Å². The van der Waals surface area contributed by atoms with Gasteiger partial charge in [-0.1, -0.05) is 0 Å². The predicted octanol–water partition coefficient (Wildman–Crippen LogP) is 0.904. The molecule has 1 fully saturated rings. The first-order valence-corrected chi connectivity index (χ1v) is 6.51. The van der Waals surface area contributed by atoms with Crippen LogP contribution in [0.5, 0.6) is 5.75 Å². The lowest BCUT2D eigenvalue weighted by atomic mass is 10.2. The molecule has 20 heavy (non-hydrogen) atoms. The number of carbonyl (C=O) groups is 2. The van der Waals surface area contributed by atoms with E-state index in [1.807, 2.05) is 0 Å². The lowest BCUT2D eigenvalue weighted by molar-refractivity contribution is -0.147. The molecular formula is C14H18N2O4. The van der Waals surface area contributed by atoms with Gasteiger partial charge in [-0.15, -0.1) is 0 Å². The van der Waals surface area contributed by atoms with Crippen molar-refractivity contribution in [3.05, 3.63) is 24.3 Å². The van der Waals surface area contributed by atoms with Gasteiger partial charge in [0.1, 0.15) is 11.8 Å². The fourth-order valence-electron chi connectivity index (χ4n) is 2.41. The first-order valence-electron chi connectivity index (χ1n) is 6.51. The van der Waals surface area contributed by atoms with E-state index in [-0.39, 0.29) is 18.2 Å². The highest BCUT2D eigenvalue weighted by Gasteiger charge is 2.34. The minimum absolute atomic E-state index is 0.120. The standard InChI is InChI=1S/C14H18N2O4/c1-15(10-4-6-11(17)7-5-10)9-13(18)16-8-2-3-12(16)14(19)20/h4-7,12,17H,2-3,8-9H2,1H3,(H,19,20). The lowest BCUT2D eigenvalue weighted by Gasteiger charge is -2.25. The third-order valence-electron chi connectivity index (χ3n) is 3.52. The molecule has 1 aromatic carbocycles. The van der Waals surface area contributed by atoms with Crippen molar-refractivity contribution >= 4 is 17.6 Å². The zero-order valence-electron chi connectivity index (χ0n) is 11.3. The molecule has 2 rings (SSSR count). The van der Waals surface area contributed by atoms with Gasteiger partial charge in [-0.3, -0.25) is 4.79 Å². The number of anilines is 1. The Labute approximate surface area is 117 Å². The second-order valence-electron chi connectivity index (χ2n) is 4.96. The van der Waals surface area contributed by atoms with E-state index in [9.17, 15) is 14.7 Å². The predicted molar refractivity (Wildman–Crippen MR) is 73.7 cm³/mol. The van der Waals surface area contributed by atoms with Crippen molar-refractivity contribution in [3.8, 4) is 5.75 Å². The molecule has 0 radical (unpaired) electrons. The van der Waals surface area contributed by atoms with Crippen LogP contribution in [0.1, 0.15) is 12.8 Å². The SMILES string of the molecule is CN(CC(=O)N1CCCC1C(=O)O)c1ccc(O)cc1. The number of hydrogen-bond donors (Lipinski definition) is 2. The maximum atomic E-state index is 12.2. The number of benzene rings is 1. The average Bonchev–Trinajstić information content (AvgIpc) is 2.88. The Balaban J connectivity index is 2.00. The average molecular weight is 278 g/mol. The van der Waals surface area contributed by atoms with Crippen LogP contribution in [0.15, 0.2) is 24.3 Å².